The van der Waals surface area contributed by atoms with E-state index in [1.807, 2.05) is 0 Å². The second-order valence-corrected chi connectivity index (χ2v) is 6.72. The van der Waals surface area contributed by atoms with Gasteiger partial charge < -0.3 is 9.26 Å². The lowest BCUT2D eigenvalue weighted by Gasteiger charge is -2.05. The first-order valence-electron chi connectivity index (χ1n) is 7.91. The third-order valence-electron chi connectivity index (χ3n) is 3.47. The predicted octanol–water partition coefficient (Wildman–Crippen LogP) is 4.44. The summed E-state index contributed by atoms with van der Waals surface area (Å²) in [5, 5.41) is 3.85. The van der Waals surface area contributed by atoms with Gasteiger partial charge in [-0.15, -0.1) is 11.8 Å². The third kappa shape index (κ3) is 4.93. The summed E-state index contributed by atoms with van der Waals surface area (Å²) in [6.07, 6.45) is 0.352. The minimum Gasteiger partial charge on any atom is -0.427 e. The summed E-state index contributed by atoms with van der Waals surface area (Å²) >= 11 is 1.64. The number of carbonyl (C=O) groups excluding carboxylic acids is 1. The molecule has 0 amide bonds. The van der Waals surface area contributed by atoms with Gasteiger partial charge in [-0.3, -0.25) is 4.79 Å². The number of nitrogens with zero attached hydrogens (tertiary/aromatic N) is 2. The molecule has 3 rings (SSSR count). The average molecular weight is 354 g/mol. The minimum atomic E-state index is -0.247. The molecule has 0 aliphatic rings. The van der Waals surface area contributed by atoms with Gasteiger partial charge in [0.15, 0.2) is 0 Å². The quantitative estimate of drug-likeness (QED) is 0.370. The first-order chi connectivity index (χ1) is 12.1. The fraction of sp³-hybridized carbons (Fsp3) is 0.211. The van der Waals surface area contributed by atoms with Crippen LogP contribution in [0.25, 0.3) is 11.4 Å². The largest absolute Gasteiger partial charge is 0.427 e. The minimum absolute atomic E-state index is 0.247. The molecule has 0 unspecified atom stereocenters. The van der Waals surface area contributed by atoms with Crippen molar-refractivity contribution in [1.82, 2.24) is 10.1 Å². The average Bonchev–Trinajstić information content (AvgIpc) is 3.04. The number of hydrogen-bond donors (Lipinski definition) is 0. The van der Waals surface area contributed by atoms with Crippen LogP contribution in [0.2, 0.25) is 0 Å². The van der Waals surface area contributed by atoms with Crippen LogP contribution in [0.15, 0.2) is 57.9 Å². The van der Waals surface area contributed by atoms with E-state index in [0.29, 0.717) is 29.6 Å². The Kier molecular flexibility index (Phi) is 5.50. The molecule has 0 spiro atoms. The standard InChI is InChI=1S/C19H18N2O3S/c1-13-3-9-17(10-4-13)25-12-11-18(22)23-16-7-5-15(6-8-16)19-20-14(2)24-21-19/h3-10H,11-12H2,1-2H3. The van der Waals surface area contributed by atoms with E-state index >= 15 is 0 Å². The van der Waals surface area contributed by atoms with E-state index in [9.17, 15) is 4.79 Å². The normalized spacial score (nSPS) is 10.6. The molecule has 5 nitrogen and oxygen atoms in total. The number of rotatable bonds is 6. The highest BCUT2D eigenvalue weighted by Gasteiger charge is 2.08. The monoisotopic (exact) mass is 354 g/mol. The van der Waals surface area contributed by atoms with Gasteiger partial charge in [0.25, 0.3) is 0 Å². The lowest BCUT2D eigenvalue weighted by molar-refractivity contribution is -0.133. The summed E-state index contributed by atoms with van der Waals surface area (Å²) < 4.78 is 10.3. The van der Waals surface area contributed by atoms with Gasteiger partial charge in [0.2, 0.25) is 11.7 Å². The Morgan fingerprint density at radius 3 is 2.44 bits per heavy atom. The van der Waals surface area contributed by atoms with Crippen LogP contribution in [0.1, 0.15) is 17.9 Å². The van der Waals surface area contributed by atoms with Crippen LogP contribution in [0.3, 0.4) is 0 Å². The highest BCUT2D eigenvalue weighted by molar-refractivity contribution is 7.99. The molecule has 0 bridgehead atoms. The Bertz CT molecular complexity index is 842. The highest BCUT2D eigenvalue weighted by Crippen LogP contribution is 2.22. The number of aromatic nitrogens is 2. The molecule has 0 aliphatic carbocycles. The summed E-state index contributed by atoms with van der Waals surface area (Å²) in [6, 6.07) is 15.3. The van der Waals surface area contributed by atoms with E-state index in [-0.39, 0.29) is 5.97 Å². The van der Waals surface area contributed by atoms with E-state index in [1.165, 1.54) is 5.56 Å². The Morgan fingerprint density at radius 1 is 1.08 bits per heavy atom. The predicted molar refractivity (Wildman–Crippen MR) is 96.6 cm³/mol. The number of esters is 1. The second kappa shape index (κ2) is 7.98. The van der Waals surface area contributed by atoms with E-state index < -0.39 is 0 Å². The van der Waals surface area contributed by atoms with Gasteiger partial charge in [-0.25, -0.2) is 0 Å². The molecule has 6 heteroatoms. The van der Waals surface area contributed by atoms with Crippen LogP contribution in [-0.4, -0.2) is 21.9 Å². The van der Waals surface area contributed by atoms with E-state index in [4.69, 9.17) is 9.26 Å². The second-order valence-electron chi connectivity index (χ2n) is 5.55. The number of hydrogen-bond acceptors (Lipinski definition) is 6. The lowest BCUT2D eigenvalue weighted by atomic mass is 10.2. The SMILES string of the molecule is Cc1ccc(SCCC(=O)Oc2ccc(-c3noc(C)n3)cc2)cc1. The maximum atomic E-state index is 11.9. The van der Waals surface area contributed by atoms with Crippen molar-refractivity contribution in [1.29, 1.82) is 0 Å². The van der Waals surface area contributed by atoms with E-state index in [1.54, 1.807) is 43.0 Å². The zero-order valence-corrected chi connectivity index (χ0v) is 14.9. The van der Waals surface area contributed by atoms with Gasteiger partial charge in [-0.2, -0.15) is 4.98 Å². The van der Waals surface area contributed by atoms with Crippen LogP contribution in [0, 0.1) is 13.8 Å². The maximum Gasteiger partial charge on any atom is 0.312 e. The smallest absolute Gasteiger partial charge is 0.312 e. The zero-order chi connectivity index (χ0) is 17.6. The van der Waals surface area contributed by atoms with Crippen molar-refractivity contribution >= 4 is 17.7 Å². The van der Waals surface area contributed by atoms with Gasteiger partial charge in [0, 0.05) is 23.1 Å². The molecule has 0 saturated heterocycles. The van der Waals surface area contributed by atoms with Crippen molar-refractivity contribution in [3.63, 3.8) is 0 Å². The number of benzene rings is 2. The van der Waals surface area contributed by atoms with Gasteiger partial charge in [-0.1, -0.05) is 22.9 Å². The first-order valence-corrected chi connectivity index (χ1v) is 8.89. The van der Waals surface area contributed by atoms with Gasteiger partial charge in [0.1, 0.15) is 5.75 Å². The number of carbonyl (C=O) groups is 1. The summed E-state index contributed by atoms with van der Waals surface area (Å²) in [5.74, 6) is 1.97. The number of ether oxygens (including phenoxy) is 1. The number of thioether (sulfide) groups is 1. The summed E-state index contributed by atoms with van der Waals surface area (Å²) in [4.78, 5) is 17.2. The number of aryl methyl sites for hydroxylation is 2. The molecule has 0 fully saturated rings. The molecule has 0 radical (unpaired) electrons. The van der Waals surface area contributed by atoms with Crippen LogP contribution in [0.5, 0.6) is 5.75 Å². The molecular weight excluding hydrogens is 336 g/mol. The van der Waals surface area contributed by atoms with Gasteiger partial charge in [0.05, 0.1) is 6.42 Å². The Labute approximate surface area is 150 Å². The molecular formula is C19H18N2O3S. The maximum absolute atomic E-state index is 11.9. The topological polar surface area (TPSA) is 65.2 Å². The van der Waals surface area contributed by atoms with Gasteiger partial charge >= 0.3 is 5.97 Å². The fourth-order valence-electron chi connectivity index (χ4n) is 2.16. The molecule has 0 aliphatic heterocycles. The molecule has 25 heavy (non-hydrogen) atoms. The zero-order valence-electron chi connectivity index (χ0n) is 14.1. The van der Waals surface area contributed by atoms with Crippen molar-refractivity contribution in [2.75, 3.05) is 5.75 Å². The molecule has 0 saturated carbocycles. The summed E-state index contributed by atoms with van der Waals surface area (Å²) in [7, 11) is 0. The van der Waals surface area contributed by atoms with Crippen LogP contribution < -0.4 is 4.74 Å². The van der Waals surface area contributed by atoms with Gasteiger partial charge in [-0.05, 0) is 43.3 Å². The molecule has 1 aromatic heterocycles. The van der Waals surface area contributed by atoms with Crippen molar-refractivity contribution in [3.05, 3.63) is 60.0 Å². The first kappa shape index (κ1) is 17.2. The van der Waals surface area contributed by atoms with Crippen LogP contribution in [0.4, 0.5) is 0 Å². The summed E-state index contributed by atoms with van der Waals surface area (Å²) in [6.45, 7) is 3.79. The molecule has 2 aromatic carbocycles. The molecule has 128 valence electrons. The fourth-order valence-corrected chi connectivity index (χ4v) is 2.99. The summed E-state index contributed by atoms with van der Waals surface area (Å²) in [5.41, 5.74) is 2.04. The van der Waals surface area contributed by atoms with E-state index in [0.717, 1.165) is 10.5 Å². The third-order valence-corrected chi connectivity index (χ3v) is 4.48. The van der Waals surface area contributed by atoms with Crippen molar-refractivity contribution in [2.45, 2.75) is 25.2 Å². The van der Waals surface area contributed by atoms with E-state index in [2.05, 4.69) is 41.3 Å². The molecule has 0 atom stereocenters. The van der Waals surface area contributed by atoms with Crippen LogP contribution >= 0.6 is 11.8 Å². The Morgan fingerprint density at radius 2 is 1.80 bits per heavy atom. The van der Waals surface area contributed by atoms with Crippen LogP contribution in [-0.2, 0) is 4.79 Å². The highest BCUT2D eigenvalue weighted by atomic mass is 32.2. The van der Waals surface area contributed by atoms with Crippen molar-refractivity contribution in [2.24, 2.45) is 0 Å². The Hall–Kier alpha value is -2.60. The molecule has 3 aromatic rings. The van der Waals surface area contributed by atoms with Crippen molar-refractivity contribution < 1.29 is 14.1 Å². The Balaban J connectivity index is 1.48. The van der Waals surface area contributed by atoms with Crippen molar-refractivity contribution in [3.8, 4) is 17.1 Å². The molecule has 1 heterocycles. The molecule has 0 N–H and O–H groups in total. The lowest BCUT2D eigenvalue weighted by Crippen LogP contribution is -2.08.